The molecule has 2 amide bonds. The fourth-order valence-corrected chi connectivity index (χ4v) is 2.69. The van der Waals surface area contributed by atoms with Crippen LogP contribution >= 0.6 is 0 Å². The van der Waals surface area contributed by atoms with Crippen LogP contribution in [0.15, 0.2) is 22.6 Å². The zero-order valence-corrected chi connectivity index (χ0v) is 13.9. The molecule has 1 fully saturated rings. The number of carboxylic acid groups (broad SMARTS) is 1. The van der Waals surface area contributed by atoms with Crippen molar-refractivity contribution in [2.24, 2.45) is 5.41 Å². The number of carboxylic acids is 1. The Hall–Kier alpha value is -2.77. The van der Waals surface area contributed by atoms with Crippen LogP contribution in [0.4, 0.5) is 16.5 Å². The van der Waals surface area contributed by atoms with Gasteiger partial charge in [-0.2, -0.15) is 4.98 Å². The SMILES string of the molecule is CN(C)c1nc2ccc(NC(=O)N3CCC(C)(C(=O)O)C3)cc2o1. The number of likely N-dealkylation sites (tertiary alicyclic amines) is 1. The average molecular weight is 332 g/mol. The molecule has 128 valence electrons. The largest absolute Gasteiger partial charge is 0.481 e. The first-order valence-corrected chi connectivity index (χ1v) is 7.66. The number of aromatic nitrogens is 1. The Morgan fingerprint density at radius 2 is 2.17 bits per heavy atom. The van der Waals surface area contributed by atoms with E-state index in [0.29, 0.717) is 35.8 Å². The predicted molar refractivity (Wildman–Crippen MR) is 89.3 cm³/mol. The van der Waals surface area contributed by atoms with Crippen LogP contribution in [-0.2, 0) is 4.79 Å². The summed E-state index contributed by atoms with van der Waals surface area (Å²) in [6, 6.07) is 5.40. The molecule has 1 aliphatic rings. The summed E-state index contributed by atoms with van der Waals surface area (Å²) in [7, 11) is 3.67. The quantitative estimate of drug-likeness (QED) is 0.894. The number of amides is 2. The monoisotopic (exact) mass is 332 g/mol. The number of carbonyl (C=O) groups excluding carboxylic acids is 1. The van der Waals surface area contributed by atoms with Crippen LogP contribution < -0.4 is 10.2 Å². The van der Waals surface area contributed by atoms with Gasteiger partial charge in [-0.1, -0.05) is 0 Å². The maximum atomic E-state index is 12.3. The van der Waals surface area contributed by atoms with Crippen molar-refractivity contribution in [2.45, 2.75) is 13.3 Å². The molecule has 0 spiro atoms. The zero-order valence-electron chi connectivity index (χ0n) is 13.9. The highest BCUT2D eigenvalue weighted by Gasteiger charge is 2.42. The van der Waals surface area contributed by atoms with E-state index >= 15 is 0 Å². The van der Waals surface area contributed by atoms with E-state index < -0.39 is 11.4 Å². The van der Waals surface area contributed by atoms with Crippen molar-refractivity contribution in [3.8, 4) is 0 Å². The van der Waals surface area contributed by atoms with Crippen molar-refractivity contribution in [2.75, 3.05) is 37.4 Å². The minimum atomic E-state index is -0.882. The molecule has 1 unspecified atom stereocenters. The molecule has 3 rings (SSSR count). The number of nitrogens with one attached hydrogen (secondary N) is 1. The van der Waals surface area contributed by atoms with Gasteiger partial charge >= 0.3 is 12.0 Å². The molecule has 0 bridgehead atoms. The zero-order chi connectivity index (χ0) is 17.5. The Bertz CT molecular complexity index is 800. The summed E-state index contributed by atoms with van der Waals surface area (Å²) in [5.41, 5.74) is 0.981. The van der Waals surface area contributed by atoms with Gasteiger partial charge in [0.1, 0.15) is 5.52 Å². The number of hydrogen-bond donors (Lipinski definition) is 2. The third-order valence-electron chi connectivity index (χ3n) is 4.29. The van der Waals surface area contributed by atoms with Gasteiger partial charge in [-0.25, -0.2) is 4.79 Å². The second-order valence-corrected chi connectivity index (χ2v) is 6.54. The lowest BCUT2D eigenvalue weighted by Crippen LogP contribution is -2.37. The number of hydrogen-bond acceptors (Lipinski definition) is 5. The van der Waals surface area contributed by atoms with Gasteiger partial charge in [0.05, 0.1) is 5.41 Å². The van der Waals surface area contributed by atoms with Crippen LogP contribution in [-0.4, -0.2) is 54.2 Å². The molecular weight excluding hydrogens is 312 g/mol. The van der Waals surface area contributed by atoms with Crippen molar-refractivity contribution >= 4 is 34.8 Å². The summed E-state index contributed by atoms with van der Waals surface area (Å²) in [6.07, 6.45) is 0.448. The normalized spacial score (nSPS) is 20.4. The molecule has 0 saturated carbocycles. The van der Waals surface area contributed by atoms with E-state index in [1.54, 1.807) is 30.0 Å². The molecule has 0 radical (unpaired) electrons. The Kier molecular flexibility index (Phi) is 3.82. The third kappa shape index (κ3) is 2.86. The predicted octanol–water partition coefficient (Wildman–Crippen LogP) is 2.22. The van der Waals surface area contributed by atoms with E-state index in [2.05, 4.69) is 10.3 Å². The first-order chi connectivity index (χ1) is 11.3. The molecule has 8 nitrogen and oxygen atoms in total. The number of anilines is 2. The fourth-order valence-electron chi connectivity index (χ4n) is 2.69. The molecule has 1 aliphatic heterocycles. The Morgan fingerprint density at radius 3 is 2.79 bits per heavy atom. The maximum Gasteiger partial charge on any atom is 0.321 e. The van der Waals surface area contributed by atoms with Crippen LogP contribution in [0.5, 0.6) is 0 Å². The fraction of sp³-hybridized carbons (Fsp3) is 0.438. The number of aliphatic carboxylic acids is 1. The number of oxazole rings is 1. The standard InChI is InChI=1S/C16H20N4O4/c1-16(13(21)22)6-7-20(9-16)14(23)17-10-4-5-11-12(8-10)24-15(18-11)19(2)3/h4-5,8H,6-7,9H2,1-3H3,(H,17,23)(H,21,22). The second kappa shape index (κ2) is 5.70. The summed E-state index contributed by atoms with van der Waals surface area (Å²) in [5.74, 6) is -0.878. The van der Waals surface area contributed by atoms with Crippen LogP contribution in [0.3, 0.4) is 0 Å². The van der Waals surface area contributed by atoms with Crippen molar-refractivity contribution in [1.82, 2.24) is 9.88 Å². The van der Waals surface area contributed by atoms with Crippen LogP contribution in [0.1, 0.15) is 13.3 Å². The summed E-state index contributed by atoms with van der Waals surface area (Å²) >= 11 is 0. The Morgan fingerprint density at radius 1 is 1.42 bits per heavy atom. The lowest BCUT2D eigenvalue weighted by Gasteiger charge is -2.20. The van der Waals surface area contributed by atoms with Gasteiger partial charge in [0.2, 0.25) is 0 Å². The number of nitrogens with zero attached hydrogens (tertiary/aromatic N) is 3. The number of fused-ring (bicyclic) bond motifs is 1. The van der Waals surface area contributed by atoms with E-state index in [0.717, 1.165) is 0 Å². The highest BCUT2D eigenvalue weighted by atomic mass is 16.4. The van der Waals surface area contributed by atoms with E-state index in [1.807, 2.05) is 14.1 Å². The molecule has 0 aliphatic carbocycles. The van der Waals surface area contributed by atoms with E-state index in [4.69, 9.17) is 4.42 Å². The van der Waals surface area contributed by atoms with Crippen molar-refractivity contribution < 1.29 is 19.1 Å². The Labute approximate surface area is 139 Å². The number of benzene rings is 1. The summed E-state index contributed by atoms with van der Waals surface area (Å²) in [4.78, 5) is 31.2. The van der Waals surface area contributed by atoms with Crippen molar-refractivity contribution in [3.63, 3.8) is 0 Å². The molecule has 1 saturated heterocycles. The summed E-state index contributed by atoms with van der Waals surface area (Å²) < 4.78 is 5.61. The minimum Gasteiger partial charge on any atom is -0.481 e. The van der Waals surface area contributed by atoms with Crippen LogP contribution in [0.2, 0.25) is 0 Å². The van der Waals surface area contributed by atoms with E-state index in [9.17, 15) is 14.7 Å². The number of rotatable bonds is 3. The number of carbonyl (C=O) groups is 2. The molecule has 2 heterocycles. The molecule has 2 N–H and O–H groups in total. The van der Waals surface area contributed by atoms with Gasteiger partial charge in [-0.05, 0) is 25.5 Å². The van der Waals surface area contributed by atoms with Crippen molar-refractivity contribution in [3.05, 3.63) is 18.2 Å². The van der Waals surface area contributed by atoms with Crippen LogP contribution in [0.25, 0.3) is 11.1 Å². The molecule has 1 aromatic carbocycles. The van der Waals surface area contributed by atoms with Gasteiger partial charge in [0.25, 0.3) is 6.01 Å². The lowest BCUT2D eigenvalue weighted by atomic mass is 9.90. The lowest BCUT2D eigenvalue weighted by molar-refractivity contribution is -0.146. The Balaban J connectivity index is 1.73. The van der Waals surface area contributed by atoms with Crippen LogP contribution in [0, 0.1) is 5.41 Å². The molecule has 24 heavy (non-hydrogen) atoms. The summed E-state index contributed by atoms with van der Waals surface area (Å²) in [5, 5.41) is 12.0. The first-order valence-electron chi connectivity index (χ1n) is 7.66. The average Bonchev–Trinajstić information content (AvgIpc) is 3.11. The molecule has 8 heteroatoms. The van der Waals surface area contributed by atoms with E-state index in [1.165, 1.54) is 4.90 Å². The van der Waals surface area contributed by atoms with Gasteiger partial charge in [0, 0.05) is 38.9 Å². The van der Waals surface area contributed by atoms with Gasteiger partial charge < -0.3 is 24.6 Å². The first kappa shape index (κ1) is 16.1. The molecule has 2 aromatic rings. The number of urea groups is 1. The summed E-state index contributed by atoms with van der Waals surface area (Å²) in [6.45, 7) is 2.28. The highest BCUT2D eigenvalue weighted by Crippen LogP contribution is 2.31. The van der Waals surface area contributed by atoms with Gasteiger partial charge in [0.15, 0.2) is 5.58 Å². The second-order valence-electron chi connectivity index (χ2n) is 6.54. The van der Waals surface area contributed by atoms with Crippen molar-refractivity contribution in [1.29, 1.82) is 0 Å². The molecule has 1 aromatic heterocycles. The maximum absolute atomic E-state index is 12.3. The van der Waals surface area contributed by atoms with Gasteiger partial charge in [-0.3, -0.25) is 4.79 Å². The molecule has 1 atom stereocenters. The smallest absolute Gasteiger partial charge is 0.321 e. The third-order valence-corrected chi connectivity index (χ3v) is 4.29. The topological polar surface area (TPSA) is 98.9 Å². The van der Waals surface area contributed by atoms with Gasteiger partial charge in [-0.15, -0.1) is 0 Å². The molecular formula is C16H20N4O4. The highest BCUT2D eigenvalue weighted by molar-refractivity contribution is 5.92. The van der Waals surface area contributed by atoms with E-state index in [-0.39, 0.29) is 12.6 Å². The minimum absolute atomic E-state index is 0.198.